The maximum Gasteiger partial charge on any atom is 0.251 e. The van der Waals surface area contributed by atoms with Gasteiger partial charge in [0, 0.05) is 43.8 Å². The molecule has 1 aromatic carbocycles. The smallest absolute Gasteiger partial charge is 0.251 e. The van der Waals surface area contributed by atoms with E-state index in [9.17, 15) is 14.0 Å². The highest BCUT2D eigenvalue weighted by atomic mass is 19.1. The van der Waals surface area contributed by atoms with Crippen LogP contribution >= 0.6 is 0 Å². The van der Waals surface area contributed by atoms with Crippen LogP contribution in [-0.2, 0) is 14.3 Å². The number of anilines is 1. The minimum Gasteiger partial charge on any atom is -0.368 e. The monoisotopic (exact) mass is 332 g/mol. The zero-order chi connectivity index (χ0) is 16.7. The van der Waals surface area contributed by atoms with Crippen molar-refractivity contribution in [1.82, 2.24) is 4.90 Å². The van der Waals surface area contributed by atoms with E-state index < -0.39 is 0 Å². The predicted molar refractivity (Wildman–Crippen MR) is 86.0 cm³/mol. The van der Waals surface area contributed by atoms with E-state index in [0.29, 0.717) is 38.3 Å². The number of hydrogen-bond donors (Lipinski definition) is 0. The summed E-state index contributed by atoms with van der Waals surface area (Å²) in [5.41, 5.74) is 0.387. The van der Waals surface area contributed by atoms with E-state index in [2.05, 4.69) is 0 Å². The maximum absolute atomic E-state index is 13.5. The summed E-state index contributed by atoms with van der Waals surface area (Å²) in [4.78, 5) is 28.5. The SMILES string of the molecule is O=C([C@@H]1CCCO1)N1CCC2(CC(=O)N(c3cccc(F)c3)C2)C1. The lowest BCUT2D eigenvalue weighted by molar-refractivity contribution is -0.140. The molecule has 1 spiro atoms. The van der Waals surface area contributed by atoms with Gasteiger partial charge in [-0.25, -0.2) is 4.39 Å². The van der Waals surface area contributed by atoms with Crippen molar-refractivity contribution >= 4 is 17.5 Å². The molecule has 0 saturated carbocycles. The standard InChI is InChI=1S/C18H21FN2O3/c19-13-3-1-4-14(9-13)21-12-18(10-16(21)22)6-7-20(11-18)17(23)15-5-2-8-24-15/h1,3-4,9,15H,2,5-8,10-12H2/t15-,18?/m0/s1. The Balaban J connectivity index is 1.47. The van der Waals surface area contributed by atoms with E-state index in [-0.39, 0.29) is 29.2 Å². The molecule has 0 aromatic heterocycles. The van der Waals surface area contributed by atoms with Gasteiger partial charge in [0.2, 0.25) is 5.91 Å². The van der Waals surface area contributed by atoms with Gasteiger partial charge in [-0.2, -0.15) is 0 Å². The Labute approximate surface area is 140 Å². The number of halogens is 1. The molecule has 2 amide bonds. The van der Waals surface area contributed by atoms with Crippen LogP contribution in [0.2, 0.25) is 0 Å². The topological polar surface area (TPSA) is 49.9 Å². The number of carbonyl (C=O) groups excluding carboxylic acids is 2. The normalized spacial score (nSPS) is 29.9. The third-order valence-corrected chi connectivity index (χ3v) is 5.40. The van der Waals surface area contributed by atoms with Crippen molar-refractivity contribution in [3.63, 3.8) is 0 Å². The first-order chi connectivity index (χ1) is 11.6. The van der Waals surface area contributed by atoms with Gasteiger partial charge in [-0.1, -0.05) is 6.07 Å². The molecule has 2 atom stereocenters. The second-order valence-electron chi connectivity index (χ2n) is 7.15. The number of amides is 2. The van der Waals surface area contributed by atoms with E-state index in [0.717, 1.165) is 19.3 Å². The number of benzene rings is 1. The van der Waals surface area contributed by atoms with Crippen LogP contribution in [0.15, 0.2) is 24.3 Å². The van der Waals surface area contributed by atoms with Gasteiger partial charge in [0.15, 0.2) is 0 Å². The van der Waals surface area contributed by atoms with E-state index in [1.165, 1.54) is 12.1 Å². The third kappa shape index (κ3) is 2.69. The average molecular weight is 332 g/mol. The van der Waals surface area contributed by atoms with Crippen LogP contribution in [0.4, 0.5) is 10.1 Å². The molecule has 1 unspecified atom stereocenters. The number of likely N-dealkylation sites (tertiary alicyclic amines) is 1. The van der Waals surface area contributed by atoms with Gasteiger partial charge >= 0.3 is 0 Å². The van der Waals surface area contributed by atoms with Gasteiger partial charge in [0.25, 0.3) is 5.91 Å². The number of hydrogen-bond acceptors (Lipinski definition) is 3. The summed E-state index contributed by atoms with van der Waals surface area (Å²) < 4.78 is 18.9. The summed E-state index contributed by atoms with van der Waals surface area (Å²) in [6, 6.07) is 6.13. The Morgan fingerprint density at radius 2 is 2.21 bits per heavy atom. The van der Waals surface area contributed by atoms with Crippen LogP contribution in [0.3, 0.4) is 0 Å². The molecule has 3 saturated heterocycles. The lowest BCUT2D eigenvalue weighted by Gasteiger charge is -2.25. The molecule has 0 bridgehead atoms. The zero-order valence-electron chi connectivity index (χ0n) is 13.5. The molecule has 4 rings (SSSR count). The van der Waals surface area contributed by atoms with Crippen LogP contribution in [0, 0.1) is 11.2 Å². The Morgan fingerprint density at radius 1 is 1.33 bits per heavy atom. The van der Waals surface area contributed by atoms with E-state index in [4.69, 9.17) is 4.74 Å². The molecule has 6 heteroatoms. The highest BCUT2D eigenvalue weighted by Crippen LogP contribution is 2.42. The van der Waals surface area contributed by atoms with Crippen molar-refractivity contribution < 1.29 is 18.7 Å². The predicted octanol–water partition coefficient (Wildman–Crippen LogP) is 1.96. The van der Waals surface area contributed by atoms with Crippen LogP contribution in [0.1, 0.15) is 25.7 Å². The molecule has 3 aliphatic heterocycles. The maximum atomic E-state index is 13.5. The minimum absolute atomic E-state index is 0.00650. The number of nitrogens with zero attached hydrogens (tertiary/aromatic N) is 2. The summed E-state index contributed by atoms with van der Waals surface area (Å²) in [5, 5.41) is 0. The van der Waals surface area contributed by atoms with Gasteiger partial charge in [-0.05, 0) is 37.5 Å². The second-order valence-corrected chi connectivity index (χ2v) is 7.15. The van der Waals surface area contributed by atoms with Crippen molar-refractivity contribution in [3.8, 4) is 0 Å². The Morgan fingerprint density at radius 3 is 2.96 bits per heavy atom. The van der Waals surface area contributed by atoms with Crippen molar-refractivity contribution in [1.29, 1.82) is 0 Å². The molecular formula is C18H21FN2O3. The lowest BCUT2D eigenvalue weighted by atomic mass is 9.86. The van der Waals surface area contributed by atoms with Crippen molar-refractivity contribution in [3.05, 3.63) is 30.1 Å². The Kier molecular flexibility index (Phi) is 3.79. The van der Waals surface area contributed by atoms with Crippen LogP contribution in [0.5, 0.6) is 0 Å². The molecule has 3 aliphatic rings. The number of carbonyl (C=O) groups is 2. The second kappa shape index (κ2) is 5.84. The zero-order valence-corrected chi connectivity index (χ0v) is 13.5. The van der Waals surface area contributed by atoms with E-state index in [1.54, 1.807) is 17.0 Å². The number of ether oxygens (including phenoxy) is 1. The number of rotatable bonds is 2. The van der Waals surface area contributed by atoms with Crippen LogP contribution in [0.25, 0.3) is 0 Å². The highest BCUT2D eigenvalue weighted by molar-refractivity contribution is 5.96. The van der Waals surface area contributed by atoms with Gasteiger partial charge in [0.05, 0.1) is 0 Å². The molecule has 0 N–H and O–H groups in total. The van der Waals surface area contributed by atoms with E-state index >= 15 is 0 Å². The van der Waals surface area contributed by atoms with Crippen LogP contribution < -0.4 is 4.90 Å². The minimum atomic E-state index is -0.345. The first-order valence-electron chi connectivity index (χ1n) is 8.53. The fourth-order valence-electron chi connectivity index (χ4n) is 4.15. The first-order valence-corrected chi connectivity index (χ1v) is 8.53. The molecule has 1 aromatic rings. The van der Waals surface area contributed by atoms with Crippen LogP contribution in [-0.4, -0.2) is 49.1 Å². The van der Waals surface area contributed by atoms with Gasteiger partial charge < -0.3 is 14.5 Å². The molecule has 128 valence electrons. The fraction of sp³-hybridized carbons (Fsp3) is 0.556. The summed E-state index contributed by atoms with van der Waals surface area (Å²) >= 11 is 0. The molecular weight excluding hydrogens is 311 g/mol. The van der Waals surface area contributed by atoms with Crippen molar-refractivity contribution in [2.75, 3.05) is 31.1 Å². The Bertz CT molecular complexity index is 674. The van der Waals surface area contributed by atoms with Gasteiger partial charge in [0.1, 0.15) is 11.9 Å². The molecule has 0 radical (unpaired) electrons. The molecule has 24 heavy (non-hydrogen) atoms. The summed E-state index contributed by atoms with van der Waals surface area (Å²) in [7, 11) is 0. The van der Waals surface area contributed by atoms with Gasteiger partial charge in [-0.3, -0.25) is 9.59 Å². The van der Waals surface area contributed by atoms with Gasteiger partial charge in [-0.15, -0.1) is 0 Å². The average Bonchev–Trinajstić information content (AvgIpc) is 3.28. The Hall–Kier alpha value is -1.95. The quantitative estimate of drug-likeness (QED) is 0.832. The summed E-state index contributed by atoms with van der Waals surface area (Å²) in [6.45, 7) is 2.46. The third-order valence-electron chi connectivity index (χ3n) is 5.40. The van der Waals surface area contributed by atoms with Crippen molar-refractivity contribution in [2.45, 2.75) is 31.8 Å². The summed E-state index contributed by atoms with van der Waals surface area (Å²) in [6.07, 6.45) is 2.64. The fourth-order valence-corrected chi connectivity index (χ4v) is 4.15. The highest BCUT2D eigenvalue weighted by Gasteiger charge is 2.49. The summed E-state index contributed by atoms with van der Waals surface area (Å²) in [5.74, 6) is -0.282. The lowest BCUT2D eigenvalue weighted by Crippen LogP contribution is -2.39. The molecule has 0 aliphatic carbocycles. The largest absolute Gasteiger partial charge is 0.368 e. The molecule has 3 fully saturated rings. The first kappa shape index (κ1) is 15.6. The molecule has 5 nitrogen and oxygen atoms in total. The van der Waals surface area contributed by atoms with Crippen molar-refractivity contribution in [2.24, 2.45) is 5.41 Å². The molecule has 3 heterocycles. The van der Waals surface area contributed by atoms with E-state index in [1.807, 2.05) is 4.90 Å².